The molecule has 2 fully saturated rings. The first-order chi connectivity index (χ1) is 10.8. The van der Waals surface area contributed by atoms with Crippen molar-refractivity contribution in [2.24, 2.45) is 10.9 Å². The molecule has 2 aliphatic rings. The minimum absolute atomic E-state index is 0.980. The monoisotopic (exact) mass is 300 g/mol. The first-order valence-corrected chi connectivity index (χ1v) is 8.57. The van der Waals surface area contributed by atoms with Crippen LogP contribution in [0.15, 0.2) is 35.3 Å². The number of guanidine groups is 1. The molecule has 0 radical (unpaired) electrons. The number of hydrogen-bond donors (Lipinski definition) is 1. The average Bonchev–Trinajstić information content (AvgIpc) is 3.38. The maximum absolute atomic E-state index is 4.45. The number of piperazine rings is 1. The van der Waals surface area contributed by atoms with Crippen LogP contribution in [0.4, 0.5) is 0 Å². The van der Waals surface area contributed by atoms with Gasteiger partial charge in [-0.15, -0.1) is 0 Å². The van der Waals surface area contributed by atoms with Gasteiger partial charge in [-0.2, -0.15) is 0 Å². The lowest BCUT2D eigenvalue weighted by molar-refractivity contribution is 0.172. The molecule has 1 heterocycles. The minimum Gasteiger partial charge on any atom is -0.356 e. The van der Waals surface area contributed by atoms with Gasteiger partial charge in [-0.25, -0.2) is 0 Å². The summed E-state index contributed by atoms with van der Waals surface area (Å²) in [4.78, 5) is 9.38. The van der Waals surface area contributed by atoms with Crippen LogP contribution < -0.4 is 5.32 Å². The first kappa shape index (κ1) is 15.3. The Morgan fingerprint density at radius 2 is 1.86 bits per heavy atom. The highest BCUT2D eigenvalue weighted by molar-refractivity contribution is 5.79. The van der Waals surface area contributed by atoms with E-state index < -0.39 is 0 Å². The van der Waals surface area contributed by atoms with Crippen LogP contribution in [0.1, 0.15) is 24.8 Å². The van der Waals surface area contributed by atoms with E-state index in [4.69, 9.17) is 0 Å². The Bertz CT molecular complexity index is 473. The van der Waals surface area contributed by atoms with Crippen molar-refractivity contribution in [2.45, 2.75) is 25.8 Å². The molecule has 1 saturated heterocycles. The number of nitrogens with one attached hydrogen (secondary N) is 1. The van der Waals surface area contributed by atoms with Crippen LogP contribution in [0.5, 0.6) is 0 Å². The van der Waals surface area contributed by atoms with Crippen molar-refractivity contribution in [3.8, 4) is 0 Å². The molecule has 22 heavy (non-hydrogen) atoms. The van der Waals surface area contributed by atoms with Crippen LogP contribution in [0.2, 0.25) is 0 Å². The second-order valence-electron chi connectivity index (χ2n) is 6.45. The van der Waals surface area contributed by atoms with Crippen molar-refractivity contribution in [3.63, 3.8) is 0 Å². The van der Waals surface area contributed by atoms with E-state index >= 15 is 0 Å². The molecule has 120 valence electrons. The lowest BCUT2D eigenvalue weighted by Crippen LogP contribution is -2.52. The largest absolute Gasteiger partial charge is 0.356 e. The molecule has 0 unspecified atom stereocenters. The van der Waals surface area contributed by atoms with Crippen LogP contribution in [-0.2, 0) is 6.54 Å². The Labute approximate surface area is 134 Å². The summed E-state index contributed by atoms with van der Waals surface area (Å²) in [7, 11) is 1.90. The van der Waals surface area contributed by atoms with E-state index in [9.17, 15) is 0 Å². The van der Waals surface area contributed by atoms with Crippen molar-refractivity contribution in [2.75, 3.05) is 39.8 Å². The van der Waals surface area contributed by atoms with Gasteiger partial charge >= 0.3 is 0 Å². The van der Waals surface area contributed by atoms with Gasteiger partial charge in [0.15, 0.2) is 5.96 Å². The molecule has 1 aromatic rings. The maximum Gasteiger partial charge on any atom is 0.193 e. The summed E-state index contributed by atoms with van der Waals surface area (Å²) in [6, 6.07) is 10.8. The van der Waals surface area contributed by atoms with Gasteiger partial charge in [0.1, 0.15) is 0 Å². The van der Waals surface area contributed by atoms with Crippen molar-refractivity contribution < 1.29 is 0 Å². The van der Waals surface area contributed by atoms with Gasteiger partial charge in [-0.1, -0.05) is 43.2 Å². The molecule has 0 spiro atoms. The topological polar surface area (TPSA) is 30.9 Å². The van der Waals surface area contributed by atoms with Gasteiger partial charge in [-0.05, 0) is 17.9 Å². The lowest BCUT2D eigenvalue weighted by atomic mass is 10.2. The number of benzene rings is 1. The minimum atomic E-state index is 0.980. The molecule has 4 nitrogen and oxygen atoms in total. The molecule has 1 N–H and O–H groups in total. The normalized spacial score (nSPS) is 20.2. The molecule has 0 bridgehead atoms. The lowest BCUT2D eigenvalue weighted by Gasteiger charge is -2.36. The summed E-state index contributed by atoms with van der Waals surface area (Å²) >= 11 is 0. The molecule has 0 atom stereocenters. The number of nitrogens with zero attached hydrogens (tertiary/aromatic N) is 3. The molecular weight excluding hydrogens is 272 g/mol. The molecule has 1 aromatic carbocycles. The summed E-state index contributed by atoms with van der Waals surface area (Å²) in [5.74, 6) is 2.06. The molecule has 1 saturated carbocycles. The van der Waals surface area contributed by atoms with Crippen LogP contribution in [0.25, 0.3) is 0 Å². The number of rotatable bonds is 5. The van der Waals surface area contributed by atoms with Crippen molar-refractivity contribution in [3.05, 3.63) is 35.9 Å². The average molecular weight is 300 g/mol. The zero-order valence-corrected chi connectivity index (χ0v) is 13.7. The molecule has 3 rings (SSSR count). The zero-order chi connectivity index (χ0) is 15.2. The highest BCUT2D eigenvalue weighted by Crippen LogP contribution is 2.31. The second kappa shape index (κ2) is 7.63. The van der Waals surface area contributed by atoms with Crippen LogP contribution in [0, 0.1) is 5.92 Å². The van der Waals surface area contributed by atoms with E-state index in [0.29, 0.717) is 0 Å². The summed E-state index contributed by atoms with van der Waals surface area (Å²) < 4.78 is 0. The first-order valence-electron chi connectivity index (χ1n) is 8.57. The van der Waals surface area contributed by atoms with Gasteiger partial charge < -0.3 is 10.2 Å². The maximum atomic E-state index is 4.45. The highest BCUT2D eigenvalue weighted by Gasteiger charge is 2.22. The van der Waals surface area contributed by atoms with E-state index in [1.54, 1.807) is 0 Å². The summed E-state index contributed by atoms with van der Waals surface area (Å²) in [5.41, 5.74) is 1.41. The summed E-state index contributed by atoms with van der Waals surface area (Å²) in [6.45, 7) is 6.48. The predicted molar refractivity (Wildman–Crippen MR) is 92.0 cm³/mol. The Kier molecular flexibility index (Phi) is 5.33. The molecule has 0 amide bonds. The predicted octanol–water partition coefficient (Wildman–Crippen LogP) is 2.18. The Hall–Kier alpha value is -1.55. The van der Waals surface area contributed by atoms with Gasteiger partial charge in [0.05, 0.1) is 0 Å². The fourth-order valence-corrected chi connectivity index (χ4v) is 3.09. The van der Waals surface area contributed by atoms with E-state index in [1.807, 2.05) is 7.05 Å². The zero-order valence-electron chi connectivity index (χ0n) is 13.7. The van der Waals surface area contributed by atoms with Crippen molar-refractivity contribution in [1.29, 1.82) is 0 Å². The third-order valence-electron chi connectivity index (χ3n) is 4.67. The van der Waals surface area contributed by atoms with Crippen LogP contribution in [-0.4, -0.2) is 55.5 Å². The third-order valence-corrected chi connectivity index (χ3v) is 4.67. The van der Waals surface area contributed by atoms with E-state index in [2.05, 4.69) is 50.4 Å². The van der Waals surface area contributed by atoms with E-state index in [0.717, 1.165) is 51.1 Å². The fraction of sp³-hybridized carbons (Fsp3) is 0.611. The molecular formula is C18H28N4. The van der Waals surface area contributed by atoms with Crippen molar-refractivity contribution in [1.82, 2.24) is 15.1 Å². The second-order valence-corrected chi connectivity index (χ2v) is 6.45. The standard InChI is InChI=1S/C18H28N4/c1-19-18(20-10-9-16-7-8-16)22-13-11-21(12-14-22)15-17-5-3-2-4-6-17/h2-6,16H,7-15H2,1H3,(H,19,20). The number of hydrogen-bond acceptors (Lipinski definition) is 2. The van der Waals surface area contributed by atoms with Gasteiger partial charge in [0.2, 0.25) is 0 Å². The van der Waals surface area contributed by atoms with Gasteiger partial charge in [0, 0.05) is 46.3 Å². The van der Waals surface area contributed by atoms with Crippen molar-refractivity contribution >= 4 is 5.96 Å². The molecule has 1 aliphatic heterocycles. The fourth-order valence-electron chi connectivity index (χ4n) is 3.09. The Morgan fingerprint density at radius 3 is 2.50 bits per heavy atom. The number of aliphatic imine (C=N–C) groups is 1. The van der Waals surface area contributed by atoms with Crippen LogP contribution >= 0.6 is 0 Å². The van der Waals surface area contributed by atoms with Gasteiger partial charge in [0.25, 0.3) is 0 Å². The van der Waals surface area contributed by atoms with Crippen LogP contribution in [0.3, 0.4) is 0 Å². The summed E-state index contributed by atoms with van der Waals surface area (Å²) in [6.07, 6.45) is 4.16. The Morgan fingerprint density at radius 1 is 1.14 bits per heavy atom. The smallest absolute Gasteiger partial charge is 0.193 e. The highest BCUT2D eigenvalue weighted by atomic mass is 15.3. The quantitative estimate of drug-likeness (QED) is 0.668. The SMILES string of the molecule is CN=C(NCCC1CC1)N1CCN(Cc2ccccc2)CC1. The third kappa shape index (κ3) is 4.47. The summed E-state index contributed by atoms with van der Waals surface area (Å²) in [5, 5.41) is 3.53. The van der Waals surface area contributed by atoms with Gasteiger partial charge in [-0.3, -0.25) is 9.89 Å². The van der Waals surface area contributed by atoms with E-state index in [1.165, 1.54) is 24.8 Å². The molecule has 0 aromatic heterocycles. The Balaban J connectivity index is 1.41. The van der Waals surface area contributed by atoms with E-state index in [-0.39, 0.29) is 0 Å². The molecule has 4 heteroatoms. The molecule has 1 aliphatic carbocycles.